The normalized spacial score (nSPS) is 12.2. The fourth-order valence-electron chi connectivity index (χ4n) is 2.52. The summed E-state index contributed by atoms with van der Waals surface area (Å²) in [6.07, 6.45) is 1.37. The summed E-state index contributed by atoms with van der Waals surface area (Å²) >= 11 is 6.04. The number of halogens is 1. The Morgan fingerprint density at radius 1 is 1.33 bits per heavy atom. The van der Waals surface area contributed by atoms with Crippen LogP contribution in [0.15, 0.2) is 30.5 Å². The van der Waals surface area contributed by atoms with Gasteiger partial charge in [-0.25, -0.2) is 4.68 Å². The number of amides is 1. The smallest absolute Gasteiger partial charge is 0.305 e. The molecule has 128 valence electrons. The third-order valence-corrected chi connectivity index (χ3v) is 3.74. The molecule has 1 unspecified atom stereocenters. The molecule has 0 aliphatic rings. The van der Waals surface area contributed by atoms with Gasteiger partial charge in [0.2, 0.25) is 0 Å². The van der Waals surface area contributed by atoms with Crippen molar-refractivity contribution >= 4 is 23.5 Å². The van der Waals surface area contributed by atoms with Crippen LogP contribution in [0.1, 0.15) is 49.2 Å². The molecule has 0 bridgehead atoms. The van der Waals surface area contributed by atoms with Gasteiger partial charge in [0, 0.05) is 11.1 Å². The first-order valence-corrected chi connectivity index (χ1v) is 8.04. The van der Waals surface area contributed by atoms with Gasteiger partial charge in [-0.2, -0.15) is 5.10 Å². The number of nitrogens with zero attached hydrogens (tertiary/aromatic N) is 2. The van der Waals surface area contributed by atoms with Crippen molar-refractivity contribution in [3.8, 4) is 5.69 Å². The second-order valence-corrected chi connectivity index (χ2v) is 6.40. The van der Waals surface area contributed by atoms with Gasteiger partial charge in [0.05, 0.1) is 29.6 Å². The molecule has 1 heterocycles. The van der Waals surface area contributed by atoms with Crippen LogP contribution >= 0.6 is 11.6 Å². The van der Waals surface area contributed by atoms with Crippen LogP contribution in [-0.2, 0) is 4.79 Å². The molecule has 0 radical (unpaired) electrons. The number of benzene rings is 1. The van der Waals surface area contributed by atoms with Crippen LogP contribution in [-0.4, -0.2) is 32.8 Å². The van der Waals surface area contributed by atoms with E-state index in [4.69, 9.17) is 16.7 Å². The van der Waals surface area contributed by atoms with Crippen molar-refractivity contribution in [3.05, 3.63) is 46.7 Å². The van der Waals surface area contributed by atoms with Gasteiger partial charge in [0.1, 0.15) is 0 Å². The van der Waals surface area contributed by atoms with Gasteiger partial charge in [-0.05, 0) is 31.0 Å². The zero-order chi connectivity index (χ0) is 17.9. The summed E-state index contributed by atoms with van der Waals surface area (Å²) in [6.45, 7) is 5.59. The first kappa shape index (κ1) is 18.0. The predicted octanol–water partition coefficient (Wildman–Crippen LogP) is 3.24. The molecule has 0 saturated heterocycles. The molecule has 0 saturated carbocycles. The minimum absolute atomic E-state index is 0.0435. The van der Waals surface area contributed by atoms with Crippen LogP contribution in [0.2, 0.25) is 5.02 Å². The minimum Gasteiger partial charge on any atom is -0.481 e. The van der Waals surface area contributed by atoms with Crippen LogP contribution in [0.3, 0.4) is 0 Å². The Labute approximate surface area is 145 Å². The third kappa shape index (κ3) is 4.14. The van der Waals surface area contributed by atoms with E-state index in [1.807, 2.05) is 26.0 Å². The quantitative estimate of drug-likeness (QED) is 0.838. The molecule has 1 atom stereocenters. The first-order valence-electron chi connectivity index (χ1n) is 7.66. The SMILES string of the molecule is CC(CC(=O)O)NC(=O)c1cnn(-c2cccc(Cl)c2)c1C(C)C. The summed E-state index contributed by atoms with van der Waals surface area (Å²) in [5.74, 6) is -1.25. The average Bonchev–Trinajstić information content (AvgIpc) is 2.91. The van der Waals surface area contributed by atoms with E-state index in [-0.39, 0.29) is 18.2 Å². The van der Waals surface area contributed by atoms with E-state index < -0.39 is 12.0 Å². The van der Waals surface area contributed by atoms with Gasteiger partial charge in [-0.15, -0.1) is 0 Å². The van der Waals surface area contributed by atoms with Gasteiger partial charge in [-0.1, -0.05) is 31.5 Å². The van der Waals surface area contributed by atoms with Gasteiger partial charge < -0.3 is 10.4 Å². The largest absolute Gasteiger partial charge is 0.481 e. The van der Waals surface area contributed by atoms with Gasteiger partial charge >= 0.3 is 5.97 Å². The number of carboxylic acids is 1. The Hall–Kier alpha value is -2.34. The molecule has 1 aromatic carbocycles. The number of carbonyl (C=O) groups excluding carboxylic acids is 1. The van der Waals surface area contributed by atoms with Crippen molar-refractivity contribution in [2.24, 2.45) is 0 Å². The van der Waals surface area contributed by atoms with Crippen molar-refractivity contribution in [2.45, 2.75) is 39.2 Å². The van der Waals surface area contributed by atoms with Crippen molar-refractivity contribution in [1.82, 2.24) is 15.1 Å². The summed E-state index contributed by atoms with van der Waals surface area (Å²) < 4.78 is 1.69. The fourth-order valence-corrected chi connectivity index (χ4v) is 2.70. The van der Waals surface area contributed by atoms with Gasteiger partial charge in [0.25, 0.3) is 5.91 Å². The number of carbonyl (C=O) groups is 2. The second kappa shape index (κ2) is 7.49. The van der Waals surface area contributed by atoms with Crippen LogP contribution in [0.5, 0.6) is 0 Å². The van der Waals surface area contributed by atoms with E-state index in [1.54, 1.807) is 23.7 Å². The van der Waals surface area contributed by atoms with Crippen LogP contribution in [0, 0.1) is 0 Å². The molecular weight excluding hydrogens is 330 g/mol. The molecule has 2 N–H and O–H groups in total. The zero-order valence-corrected chi connectivity index (χ0v) is 14.5. The van der Waals surface area contributed by atoms with Crippen LogP contribution in [0.4, 0.5) is 0 Å². The van der Waals surface area contributed by atoms with Crippen molar-refractivity contribution in [3.63, 3.8) is 0 Å². The molecule has 0 aliphatic heterocycles. The highest BCUT2D eigenvalue weighted by Crippen LogP contribution is 2.24. The lowest BCUT2D eigenvalue weighted by Crippen LogP contribution is -2.34. The lowest BCUT2D eigenvalue weighted by molar-refractivity contribution is -0.137. The standard InChI is InChI=1S/C17H20ClN3O3/c1-10(2)16-14(17(24)20-11(3)7-15(22)23)9-19-21(16)13-6-4-5-12(18)8-13/h4-6,8-11H,7H2,1-3H3,(H,20,24)(H,22,23). The maximum absolute atomic E-state index is 12.5. The number of aromatic nitrogens is 2. The Kier molecular flexibility index (Phi) is 5.62. The van der Waals surface area contributed by atoms with Gasteiger partial charge in [-0.3, -0.25) is 9.59 Å². The van der Waals surface area contributed by atoms with E-state index in [9.17, 15) is 9.59 Å². The van der Waals surface area contributed by atoms with Crippen LogP contribution in [0.25, 0.3) is 5.69 Å². The summed E-state index contributed by atoms with van der Waals surface area (Å²) in [7, 11) is 0. The fraction of sp³-hybridized carbons (Fsp3) is 0.353. The molecular formula is C17H20ClN3O3. The van der Waals surface area contributed by atoms with Crippen molar-refractivity contribution in [2.75, 3.05) is 0 Å². The molecule has 0 fully saturated rings. The lowest BCUT2D eigenvalue weighted by Gasteiger charge is -2.15. The predicted molar refractivity (Wildman–Crippen MR) is 91.8 cm³/mol. The molecule has 1 amide bonds. The number of carboxylic acid groups (broad SMARTS) is 1. The van der Waals surface area contributed by atoms with E-state index in [0.717, 1.165) is 11.4 Å². The number of nitrogens with one attached hydrogen (secondary N) is 1. The molecule has 6 nitrogen and oxygen atoms in total. The van der Waals surface area contributed by atoms with Crippen LogP contribution < -0.4 is 5.32 Å². The molecule has 0 aliphatic carbocycles. The van der Waals surface area contributed by atoms with E-state index in [0.29, 0.717) is 10.6 Å². The van der Waals surface area contributed by atoms with Crippen molar-refractivity contribution in [1.29, 1.82) is 0 Å². The maximum atomic E-state index is 12.5. The van der Waals surface area contributed by atoms with E-state index in [1.165, 1.54) is 6.20 Å². The Morgan fingerprint density at radius 2 is 2.04 bits per heavy atom. The number of rotatable bonds is 6. The topological polar surface area (TPSA) is 84.2 Å². The molecule has 1 aromatic heterocycles. The molecule has 2 aromatic rings. The maximum Gasteiger partial charge on any atom is 0.305 e. The monoisotopic (exact) mass is 349 g/mol. The zero-order valence-electron chi connectivity index (χ0n) is 13.8. The number of hydrogen-bond acceptors (Lipinski definition) is 3. The molecule has 24 heavy (non-hydrogen) atoms. The summed E-state index contributed by atoms with van der Waals surface area (Å²) in [5, 5.41) is 16.4. The first-order chi connectivity index (χ1) is 11.3. The summed E-state index contributed by atoms with van der Waals surface area (Å²) in [5.41, 5.74) is 1.95. The van der Waals surface area contributed by atoms with Crippen molar-refractivity contribution < 1.29 is 14.7 Å². The second-order valence-electron chi connectivity index (χ2n) is 5.96. The Bertz CT molecular complexity index is 755. The van der Waals surface area contributed by atoms with Gasteiger partial charge in [0.15, 0.2) is 0 Å². The number of hydrogen-bond donors (Lipinski definition) is 2. The highest BCUT2D eigenvalue weighted by Gasteiger charge is 2.22. The highest BCUT2D eigenvalue weighted by atomic mass is 35.5. The summed E-state index contributed by atoms with van der Waals surface area (Å²) in [4.78, 5) is 23.2. The summed E-state index contributed by atoms with van der Waals surface area (Å²) in [6, 6.07) is 6.75. The average molecular weight is 350 g/mol. The highest BCUT2D eigenvalue weighted by molar-refractivity contribution is 6.30. The molecule has 0 spiro atoms. The Balaban J connectivity index is 2.35. The third-order valence-electron chi connectivity index (χ3n) is 3.51. The molecule has 2 rings (SSSR count). The lowest BCUT2D eigenvalue weighted by atomic mass is 10.0. The van der Waals surface area contributed by atoms with E-state index in [2.05, 4.69) is 10.4 Å². The minimum atomic E-state index is -0.957. The van der Waals surface area contributed by atoms with E-state index >= 15 is 0 Å². The molecule has 7 heteroatoms. The number of aliphatic carboxylic acids is 1. The Morgan fingerprint density at radius 3 is 2.62 bits per heavy atom.